The fourth-order valence-electron chi connectivity index (χ4n) is 4.56. The SMILES string of the molecule is CCCCCCCCc1ccc(OCCOCCOCCOCCOCCOCCOCCOCCOCCOCCOCCOCCNC)cc1. The van der Waals surface area contributed by atoms with Crippen LogP contribution in [0.25, 0.3) is 0 Å². The van der Waals surface area contributed by atoms with Gasteiger partial charge < -0.3 is 62.2 Å². The molecule has 0 aliphatic rings. The van der Waals surface area contributed by atoms with E-state index in [9.17, 15) is 0 Å². The molecule has 1 N–H and O–H groups in total. The molecule has 0 atom stereocenters. The van der Waals surface area contributed by atoms with Gasteiger partial charge in [-0.25, -0.2) is 0 Å². The van der Waals surface area contributed by atoms with E-state index in [0.29, 0.717) is 152 Å². The largest absolute Gasteiger partial charge is 0.491 e. The average molecular weight is 748 g/mol. The molecule has 1 rings (SSSR count). The van der Waals surface area contributed by atoms with Gasteiger partial charge in [-0.05, 0) is 37.6 Å². The van der Waals surface area contributed by atoms with E-state index in [4.69, 9.17) is 56.8 Å². The number of hydrogen-bond donors (Lipinski definition) is 1. The minimum atomic E-state index is 0.514. The van der Waals surface area contributed by atoms with Gasteiger partial charge in [-0.3, -0.25) is 0 Å². The molecule has 0 unspecified atom stereocenters. The molecule has 1 aromatic rings. The Morgan fingerprint density at radius 3 is 1.02 bits per heavy atom. The predicted molar refractivity (Wildman–Crippen MR) is 202 cm³/mol. The third-order valence-electron chi connectivity index (χ3n) is 7.46. The summed E-state index contributed by atoms with van der Waals surface area (Å²) in [6.07, 6.45) is 9.09. The highest BCUT2D eigenvalue weighted by atomic mass is 16.6. The van der Waals surface area contributed by atoms with Crippen molar-refractivity contribution in [2.24, 2.45) is 0 Å². The molecule has 0 aliphatic heterocycles. The molecule has 0 radical (unpaired) electrons. The highest BCUT2D eigenvalue weighted by molar-refractivity contribution is 5.27. The summed E-state index contributed by atoms with van der Waals surface area (Å²) in [4.78, 5) is 0. The van der Waals surface area contributed by atoms with Gasteiger partial charge in [-0.1, -0.05) is 51.2 Å². The van der Waals surface area contributed by atoms with E-state index in [1.807, 2.05) is 7.05 Å². The number of ether oxygens (including phenoxy) is 12. The average Bonchev–Trinajstić information content (AvgIpc) is 3.16. The maximum absolute atomic E-state index is 5.78. The van der Waals surface area contributed by atoms with Crippen LogP contribution in [0.4, 0.5) is 0 Å². The molecule has 0 fully saturated rings. The first-order valence-electron chi connectivity index (χ1n) is 19.6. The van der Waals surface area contributed by atoms with Gasteiger partial charge in [0.2, 0.25) is 0 Å². The van der Waals surface area contributed by atoms with Gasteiger partial charge in [-0.2, -0.15) is 0 Å². The third kappa shape index (κ3) is 36.9. The van der Waals surface area contributed by atoms with Crippen molar-refractivity contribution < 1.29 is 56.8 Å². The summed E-state index contributed by atoms with van der Waals surface area (Å²) in [5.74, 6) is 0.886. The van der Waals surface area contributed by atoms with E-state index < -0.39 is 0 Å². The Morgan fingerprint density at radius 1 is 0.365 bits per heavy atom. The minimum absolute atomic E-state index is 0.514. The lowest BCUT2D eigenvalue weighted by Gasteiger charge is -2.09. The lowest BCUT2D eigenvalue weighted by Crippen LogP contribution is -2.17. The van der Waals surface area contributed by atoms with E-state index in [1.54, 1.807) is 0 Å². The zero-order valence-corrected chi connectivity index (χ0v) is 32.6. The van der Waals surface area contributed by atoms with Gasteiger partial charge in [0.05, 0.1) is 145 Å². The zero-order chi connectivity index (χ0) is 37.1. The first kappa shape index (κ1) is 48.6. The van der Waals surface area contributed by atoms with Crippen molar-refractivity contribution in [1.29, 1.82) is 0 Å². The summed E-state index contributed by atoms with van der Waals surface area (Å²) in [5, 5.41) is 3.02. The Hall–Kier alpha value is -1.46. The quantitative estimate of drug-likeness (QED) is 0.0953. The van der Waals surface area contributed by atoms with Crippen molar-refractivity contribution in [3.63, 3.8) is 0 Å². The van der Waals surface area contributed by atoms with Crippen molar-refractivity contribution in [3.8, 4) is 5.75 Å². The smallest absolute Gasteiger partial charge is 0.119 e. The van der Waals surface area contributed by atoms with Crippen LogP contribution in [0, 0.1) is 0 Å². The molecule has 0 bridgehead atoms. The molecular formula is C39H73NO12. The maximum Gasteiger partial charge on any atom is 0.119 e. The van der Waals surface area contributed by atoms with E-state index in [-0.39, 0.29) is 0 Å². The van der Waals surface area contributed by atoms with Gasteiger partial charge in [0.1, 0.15) is 12.4 Å². The Kier molecular flexibility index (Phi) is 39.5. The molecule has 13 heteroatoms. The molecule has 0 spiro atoms. The topological polar surface area (TPSA) is 123 Å². The van der Waals surface area contributed by atoms with Gasteiger partial charge >= 0.3 is 0 Å². The van der Waals surface area contributed by atoms with Gasteiger partial charge in [-0.15, -0.1) is 0 Å². The number of hydrogen-bond acceptors (Lipinski definition) is 13. The first-order valence-corrected chi connectivity index (χ1v) is 19.6. The second-order valence-corrected chi connectivity index (χ2v) is 11.8. The Balaban J connectivity index is 1.67. The Morgan fingerprint density at radius 2 is 0.673 bits per heavy atom. The van der Waals surface area contributed by atoms with E-state index in [0.717, 1.165) is 18.7 Å². The molecule has 0 amide bonds. The first-order chi connectivity index (χ1) is 25.9. The molecule has 0 heterocycles. The third-order valence-corrected chi connectivity index (χ3v) is 7.46. The fourth-order valence-corrected chi connectivity index (χ4v) is 4.56. The fraction of sp³-hybridized carbons (Fsp3) is 0.846. The van der Waals surface area contributed by atoms with Crippen LogP contribution in [0.15, 0.2) is 24.3 Å². The zero-order valence-electron chi connectivity index (χ0n) is 32.6. The summed E-state index contributed by atoms with van der Waals surface area (Å²) >= 11 is 0. The summed E-state index contributed by atoms with van der Waals surface area (Å²) in [6.45, 7) is 15.4. The molecular weight excluding hydrogens is 674 g/mol. The van der Waals surface area contributed by atoms with Crippen molar-refractivity contribution >= 4 is 0 Å². The normalized spacial score (nSPS) is 11.5. The van der Waals surface area contributed by atoms with Crippen molar-refractivity contribution in [3.05, 3.63) is 29.8 Å². The van der Waals surface area contributed by atoms with E-state index >= 15 is 0 Å². The van der Waals surface area contributed by atoms with Crippen molar-refractivity contribution in [1.82, 2.24) is 5.32 Å². The number of aryl methyl sites for hydroxylation is 1. The van der Waals surface area contributed by atoms with Crippen molar-refractivity contribution in [2.75, 3.05) is 166 Å². The Bertz CT molecular complexity index is 808. The van der Waals surface area contributed by atoms with Crippen LogP contribution in [-0.2, 0) is 58.5 Å². The van der Waals surface area contributed by atoms with E-state index in [2.05, 4.69) is 36.5 Å². The molecule has 0 aromatic heterocycles. The molecule has 52 heavy (non-hydrogen) atoms. The van der Waals surface area contributed by atoms with Crippen molar-refractivity contribution in [2.45, 2.75) is 51.9 Å². The summed E-state index contributed by atoms with van der Waals surface area (Å²) in [6, 6.07) is 8.44. The number of unbranched alkanes of at least 4 members (excludes halogenated alkanes) is 5. The highest BCUT2D eigenvalue weighted by Gasteiger charge is 1.99. The number of likely N-dealkylation sites (N-methyl/N-ethyl adjacent to an activating group) is 1. The van der Waals surface area contributed by atoms with Crippen LogP contribution in [-0.4, -0.2) is 166 Å². The standard InChI is InChI=1S/C39H73NO12/c1-3-4-5-6-7-8-9-38-10-12-39(13-11-38)52-37-36-51-35-34-50-33-32-49-31-30-48-29-28-47-27-26-46-25-24-45-23-22-44-21-20-43-19-18-42-17-16-41-15-14-40-2/h10-13,40H,3-9,14-37H2,1-2H3. The molecule has 1 aromatic carbocycles. The summed E-state index contributed by atoms with van der Waals surface area (Å²) < 4.78 is 66.2. The molecule has 13 nitrogen and oxygen atoms in total. The molecule has 0 saturated carbocycles. The van der Waals surface area contributed by atoms with E-state index in [1.165, 1.54) is 44.1 Å². The number of rotatable bonds is 44. The predicted octanol–water partition coefficient (Wildman–Crippen LogP) is 4.37. The second-order valence-electron chi connectivity index (χ2n) is 11.8. The van der Waals surface area contributed by atoms with Gasteiger partial charge in [0.25, 0.3) is 0 Å². The summed E-state index contributed by atoms with van der Waals surface area (Å²) in [7, 11) is 1.90. The number of benzene rings is 1. The second kappa shape index (κ2) is 42.3. The van der Waals surface area contributed by atoms with Crippen LogP contribution in [0.3, 0.4) is 0 Å². The van der Waals surface area contributed by atoms with Gasteiger partial charge in [0.15, 0.2) is 0 Å². The minimum Gasteiger partial charge on any atom is -0.491 e. The van der Waals surface area contributed by atoms with Crippen LogP contribution in [0.2, 0.25) is 0 Å². The lowest BCUT2D eigenvalue weighted by molar-refractivity contribution is -0.0277. The van der Waals surface area contributed by atoms with Crippen LogP contribution in [0.5, 0.6) is 5.75 Å². The number of nitrogens with one attached hydrogen (secondary N) is 1. The van der Waals surface area contributed by atoms with Crippen LogP contribution >= 0.6 is 0 Å². The molecule has 306 valence electrons. The highest BCUT2D eigenvalue weighted by Crippen LogP contribution is 2.15. The summed E-state index contributed by atoms with van der Waals surface area (Å²) in [5.41, 5.74) is 1.38. The van der Waals surface area contributed by atoms with Crippen LogP contribution < -0.4 is 10.1 Å². The maximum atomic E-state index is 5.78. The van der Waals surface area contributed by atoms with Gasteiger partial charge in [0, 0.05) is 6.54 Å². The molecule has 0 saturated heterocycles. The monoisotopic (exact) mass is 748 g/mol. The van der Waals surface area contributed by atoms with Crippen LogP contribution in [0.1, 0.15) is 51.0 Å². The Labute approximate surface area is 314 Å². The molecule has 0 aliphatic carbocycles. The lowest BCUT2D eigenvalue weighted by atomic mass is 10.0.